The quantitative estimate of drug-likeness (QED) is 0.569. The highest BCUT2D eigenvalue weighted by molar-refractivity contribution is 5.92. The van der Waals surface area contributed by atoms with Crippen LogP contribution in [0.25, 0.3) is 0 Å². The van der Waals surface area contributed by atoms with Crippen LogP contribution in [-0.2, 0) is 4.79 Å². The fourth-order valence-electron chi connectivity index (χ4n) is 3.76. The highest BCUT2D eigenvalue weighted by atomic mass is 16.5. The predicted octanol–water partition coefficient (Wildman–Crippen LogP) is 3.57. The highest BCUT2D eigenvalue weighted by Gasteiger charge is 2.35. The van der Waals surface area contributed by atoms with Gasteiger partial charge in [-0.25, -0.2) is 0 Å². The fourth-order valence-corrected chi connectivity index (χ4v) is 3.76. The predicted molar refractivity (Wildman–Crippen MR) is 119 cm³/mol. The van der Waals surface area contributed by atoms with E-state index in [9.17, 15) is 10.1 Å². The van der Waals surface area contributed by atoms with Crippen molar-refractivity contribution in [2.45, 2.75) is 26.7 Å². The highest BCUT2D eigenvalue weighted by Crippen LogP contribution is 2.45. The molecular weight excluding hydrogens is 406 g/mol. The second-order valence-electron chi connectivity index (χ2n) is 7.69. The number of aryl methyl sites for hydroxylation is 3. The summed E-state index contributed by atoms with van der Waals surface area (Å²) in [6, 6.07) is 15.3. The molecule has 0 saturated heterocycles. The first-order valence-corrected chi connectivity index (χ1v) is 10.1. The third-order valence-electron chi connectivity index (χ3n) is 5.39. The van der Waals surface area contributed by atoms with E-state index in [0.29, 0.717) is 22.8 Å². The molecule has 1 atom stereocenters. The average molecular weight is 429 g/mol. The molecule has 2 heterocycles. The zero-order valence-electron chi connectivity index (χ0n) is 18.0. The molecule has 0 fully saturated rings. The number of aromatic nitrogens is 2. The van der Waals surface area contributed by atoms with Gasteiger partial charge < -0.3 is 20.5 Å². The van der Waals surface area contributed by atoms with Crippen molar-refractivity contribution in [3.05, 3.63) is 81.9 Å². The van der Waals surface area contributed by atoms with E-state index in [4.69, 9.17) is 15.2 Å². The first-order chi connectivity index (χ1) is 15.4. The number of nitrogens with one attached hydrogen (secondary N) is 2. The van der Waals surface area contributed by atoms with E-state index in [1.807, 2.05) is 57.2 Å². The monoisotopic (exact) mass is 429 g/mol. The van der Waals surface area contributed by atoms with E-state index < -0.39 is 5.92 Å². The Bertz CT molecular complexity index is 1270. The number of nitrogens with zero attached hydrogens (tertiary/aromatic N) is 2. The number of ether oxygens (including phenoxy) is 2. The first-order valence-electron chi connectivity index (χ1n) is 10.1. The van der Waals surface area contributed by atoms with Crippen molar-refractivity contribution in [2.75, 3.05) is 11.9 Å². The number of para-hydroxylation sites is 1. The van der Waals surface area contributed by atoms with Gasteiger partial charge in [0.05, 0.1) is 5.92 Å². The van der Waals surface area contributed by atoms with Crippen molar-refractivity contribution >= 4 is 11.6 Å². The summed E-state index contributed by atoms with van der Waals surface area (Å²) in [6.07, 6.45) is 0. The van der Waals surface area contributed by atoms with Gasteiger partial charge in [-0.1, -0.05) is 30.3 Å². The molecule has 162 valence electrons. The minimum Gasteiger partial charge on any atom is -0.483 e. The Morgan fingerprint density at radius 1 is 1.28 bits per heavy atom. The van der Waals surface area contributed by atoms with E-state index in [-0.39, 0.29) is 24.0 Å². The van der Waals surface area contributed by atoms with Gasteiger partial charge in [0.25, 0.3) is 5.91 Å². The van der Waals surface area contributed by atoms with Crippen LogP contribution in [0.3, 0.4) is 0 Å². The number of fused-ring (bicyclic) bond motifs is 1. The van der Waals surface area contributed by atoms with E-state index in [1.54, 1.807) is 6.07 Å². The van der Waals surface area contributed by atoms with Crippen molar-refractivity contribution in [3.63, 3.8) is 0 Å². The molecule has 1 aromatic heterocycles. The van der Waals surface area contributed by atoms with E-state index in [1.165, 1.54) is 0 Å². The molecule has 1 unspecified atom stereocenters. The van der Waals surface area contributed by atoms with Crippen LogP contribution in [0.15, 0.2) is 53.9 Å². The number of benzene rings is 2. The minimum atomic E-state index is -0.527. The number of allylic oxidation sites excluding steroid dienone is 1. The Hall–Kier alpha value is -4.25. The Balaban J connectivity index is 1.61. The standard InChI is InChI=1S/C24H23N5O3/c1-13-8-9-14(2)18(10-13)27-20(30)12-31-19-7-5-4-6-16(19)22-17(11-25)23(26)32-24-21(22)15(3)28-29-24/h4-10,22H,12,26H2,1-3H3,(H,27,30)(H,28,29). The van der Waals surface area contributed by atoms with Gasteiger partial charge in [-0.15, -0.1) is 5.10 Å². The zero-order valence-corrected chi connectivity index (χ0v) is 18.0. The third kappa shape index (κ3) is 3.88. The van der Waals surface area contributed by atoms with Crippen molar-refractivity contribution in [1.29, 1.82) is 5.26 Å². The van der Waals surface area contributed by atoms with Crippen LogP contribution in [0, 0.1) is 32.1 Å². The molecule has 3 aromatic rings. The minimum absolute atomic E-state index is 0.000955. The Morgan fingerprint density at radius 2 is 2.06 bits per heavy atom. The van der Waals surface area contributed by atoms with E-state index in [2.05, 4.69) is 21.6 Å². The zero-order chi connectivity index (χ0) is 22.8. The molecule has 2 aromatic carbocycles. The maximum absolute atomic E-state index is 12.6. The normalized spacial score (nSPS) is 14.9. The summed E-state index contributed by atoms with van der Waals surface area (Å²) >= 11 is 0. The van der Waals surface area contributed by atoms with Crippen LogP contribution >= 0.6 is 0 Å². The smallest absolute Gasteiger partial charge is 0.262 e. The fraction of sp³-hybridized carbons (Fsp3) is 0.208. The molecular formula is C24H23N5O3. The number of carbonyl (C=O) groups is 1. The summed E-state index contributed by atoms with van der Waals surface area (Å²) in [7, 11) is 0. The SMILES string of the molecule is Cc1ccc(C)c(NC(=O)COc2ccccc2C2C(C#N)=C(N)Oc3n[nH]c(C)c32)c1. The van der Waals surface area contributed by atoms with Gasteiger partial charge >= 0.3 is 0 Å². The van der Waals surface area contributed by atoms with Gasteiger partial charge in [0.1, 0.15) is 17.4 Å². The lowest BCUT2D eigenvalue weighted by Crippen LogP contribution is -2.23. The Labute approximate surface area is 185 Å². The van der Waals surface area contributed by atoms with Crippen molar-refractivity contribution in [2.24, 2.45) is 5.73 Å². The summed E-state index contributed by atoms with van der Waals surface area (Å²) in [5, 5.41) is 19.7. The summed E-state index contributed by atoms with van der Waals surface area (Å²) in [5.74, 6) is -0.00921. The molecule has 0 saturated carbocycles. The van der Waals surface area contributed by atoms with Crippen LogP contribution in [0.4, 0.5) is 5.69 Å². The molecule has 0 radical (unpaired) electrons. The number of anilines is 1. The van der Waals surface area contributed by atoms with Crippen LogP contribution in [0.5, 0.6) is 11.6 Å². The number of H-pyrrole nitrogens is 1. The largest absolute Gasteiger partial charge is 0.483 e. The van der Waals surface area contributed by atoms with Crippen LogP contribution in [-0.4, -0.2) is 22.7 Å². The summed E-state index contributed by atoms with van der Waals surface area (Å²) in [5.41, 5.74) is 11.2. The van der Waals surface area contributed by atoms with Crippen LogP contribution < -0.4 is 20.5 Å². The van der Waals surface area contributed by atoms with E-state index >= 15 is 0 Å². The topological polar surface area (TPSA) is 126 Å². The summed E-state index contributed by atoms with van der Waals surface area (Å²) in [6.45, 7) is 5.56. The number of carbonyl (C=O) groups excluding carboxylic acids is 1. The maximum Gasteiger partial charge on any atom is 0.262 e. The Morgan fingerprint density at radius 3 is 2.84 bits per heavy atom. The summed E-state index contributed by atoms with van der Waals surface area (Å²) in [4.78, 5) is 12.6. The lowest BCUT2D eigenvalue weighted by atomic mass is 9.83. The number of hydrogen-bond donors (Lipinski definition) is 3. The van der Waals surface area contributed by atoms with Gasteiger partial charge in [0, 0.05) is 22.5 Å². The van der Waals surface area contributed by atoms with E-state index in [0.717, 1.165) is 22.5 Å². The number of nitrogens with two attached hydrogens (primary N) is 1. The second kappa shape index (κ2) is 8.47. The number of nitriles is 1. The van der Waals surface area contributed by atoms with Crippen LogP contribution in [0.2, 0.25) is 0 Å². The number of aromatic amines is 1. The van der Waals surface area contributed by atoms with Crippen molar-refractivity contribution in [1.82, 2.24) is 10.2 Å². The molecule has 1 aliphatic rings. The first kappa shape index (κ1) is 21.0. The number of hydrogen-bond acceptors (Lipinski definition) is 6. The summed E-state index contributed by atoms with van der Waals surface area (Å²) < 4.78 is 11.4. The molecule has 1 aliphatic heterocycles. The van der Waals surface area contributed by atoms with Crippen LogP contribution in [0.1, 0.15) is 33.9 Å². The van der Waals surface area contributed by atoms with Gasteiger partial charge in [-0.2, -0.15) is 5.26 Å². The molecule has 1 amide bonds. The van der Waals surface area contributed by atoms with Gasteiger partial charge in [-0.3, -0.25) is 9.89 Å². The van der Waals surface area contributed by atoms with Gasteiger partial charge in [-0.05, 0) is 44.0 Å². The molecule has 4 N–H and O–H groups in total. The molecule has 0 spiro atoms. The lowest BCUT2D eigenvalue weighted by molar-refractivity contribution is -0.118. The Kier molecular flexibility index (Phi) is 5.56. The maximum atomic E-state index is 12.6. The number of rotatable bonds is 5. The molecule has 0 aliphatic carbocycles. The van der Waals surface area contributed by atoms with Crippen molar-refractivity contribution in [3.8, 4) is 17.7 Å². The second-order valence-corrected chi connectivity index (χ2v) is 7.69. The molecule has 32 heavy (non-hydrogen) atoms. The lowest BCUT2D eigenvalue weighted by Gasteiger charge is -2.25. The van der Waals surface area contributed by atoms with Gasteiger partial charge in [0.2, 0.25) is 11.8 Å². The van der Waals surface area contributed by atoms with Gasteiger partial charge in [0.15, 0.2) is 6.61 Å². The average Bonchev–Trinajstić information content (AvgIpc) is 3.14. The molecule has 0 bridgehead atoms. The molecule has 4 rings (SSSR count). The molecule has 8 heteroatoms. The third-order valence-corrected chi connectivity index (χ3v) is 5.39. The molecule has 8 nitrogen and oxygen atoms in total. The number of amides is 1. The van der Waals surface area contributed by atoms with Crippen molar-refractivity contribution < 1.29 is 14.3 Å².